The third-order valence-corrected chi connectivity index (χ3v) is 3.74. The first-order valence-corrected chi connectivity index (χ1v) is 6.84. The van der Waals surface area contributed by atoms with Crippen molar-refractivity contribution < 1.29 is 23.1 Å². The lowest BCUT2D eigenvalue weighted by Crippen LogP contribution is -2.08. The van der Waals surface area contributed by atoms with Gasteiger partial charge in [0.2, 0.25) is 0 Å². The molecule has 1 N–H and O–H groups in total. The van der Waals surface area contributed by atoms with Gasteiger partial charge in [-0.3, -0.25) is 0 Å². The zero-order valence-corrected chi connectivity index (χ0v) is 11.4. The number of alkyl halides is 3. The Labute approximate surface area is 122 Å². The third kappa shape index (κ3) is 3.75. The van der Waals surface area contributed by atoms with Gasteiger partial charge in [-0.25, -0.2) is 9.78 Å². The van der Waals surface area contributed by atoms with Crippen molar-refractivity contribution in [1.29, 1.82) is 0 Å². The summed E-state index contributed by atoms with van der Waals surface area (Å²) in [5.74, 6) is -1.16. The van der Waals surface area contributed by atoms with Crippen molar-refractivity contribution in [2.75, 3.05) is 0 Å². The van der Waals surface area contributed by atoms with Crippen LogP contribution in [0.25, 0.3) is 0 Å². The molecule has 2 aromatic rings. The van der Waals surface area contributed by atoms with Gasteiger partial charge in [0.05, 0.1) is 11.1 Å². The van der Waals surface area contributed by atoms with Crippen molar-refractivity contribution in [3.8, 4) is 0 Å². The monoisotopic (exact) mass is 313 g/mol. The lowest BCUT2D eigenvalue weighted by Gasteiger charge is -2.12. The number of hydrogen-bond donors (Lipinski definition) is 1. The van der Waals surface area contributed by atoms with E-state index in [1.807, 2.05) is 0 Å². The summed E-state index contributed by atoms with van der Waals surface area (Å²) < 4.78 is 38.6. The van der Waals surface area contributed by atoms with Crippen LogP contribution in [0, 0.1) is 0 Å². The molecule has 1 heterocycles. The lowest BCUT2D eigenvalue weighted by atomic mass is 10.1. The molecule has 0 spiro atoms. The summed E-state index contributed by atoms with van der Waals surface area (Å²) in [6.07, 6.45) is -3.03. The van der Waals surface area contributed by atoms with Crippen LogP contribution in [0.2, 0.25) is 0 Å². The van der Waals surface area contributed by atoms with Gasteiger partial charge in [0.15, 0.2) is 0 Å². The van der Waals surface area contributed by atoms with Crippen LogP contribution in [0.15, 0.2) is 47.6 Å². The van der Waals surface area contributed by atoms with E-state index in [9.17, 15) is 18.0 Å². The van der Waals surface area contributed by atoms with Crippen LogP contribution < -0.4 is 0 Å². The fourth-order valence-electron chi connectivity index (χ4n) is 1.74. The van der Waals surface area contributed by atoms with Gasteiger partial charge < -0.3 is 5.11 Å². The summed E-state index contributed by atoms with van der Waals surface area (Å²) in [4.78, 5) is 14.9. The minimum Gasteiger partial charge on any atom is -0.478 e. The molecule has 1 aromatic carbocycles. The summed E-state index contributed by atoms with van der Waals surface area (Å²) >= 11 is 0.967. The fourth-order valence-corrected chi connectivity index (χ4v) is 2.73. The fraction of sp³-hybridized carbons (Fsp3) is 0.143. The zero-order chi connectivity index (χ0) is 15.5. The highest BCUT2D eigenvalue weighted by Crippen LogP contribution is 2.34. The Morgan fingerprint density at radius 1 is 1.19 bits per heavy atom. The molecular formula is C14H10F3NO2S. The molecule has 0 saturated heterocycles. The Morgan fingerprint density at radius 2 is 1.90 bits per heavy atom. The summed E-state index contributed by atoms with van der Waals surface area (Å²) in [7, 11) is 0. The predicted octanol–water partition coefficient (Wildman–Crippen LogP) is 4.09. The van der Waals surface area contributed by atoms with Crippen LogP contribution in [0.5, 0.6) is 0 Å². The number of thioether (sulfide) groups is 1. The van der Waals surface area contributed by atoms with Crippen LogP contribution in [-0.4, -0.2) is 16.1 Å². The maximum Gasteiger partial charge on any atom is 0.416 e. The summed E-state index contributed by atoms with van der Waals surface area (Å²) in [5.41, 5.74) is -0.644. The molecule has 21 heavy (non-hydrogen) atoms. The van der Waals surface area contributed by atoms with Crippen molar-refractivity contribution in [2.45, 2.75) is 17.0 Å². The van der Waals surface area contributed by atoms with Gasteiger partial charge in [-0.15, -0.1) is 11.8 Å². The first-order valence-electron chi connectivity index (χ1n) is 5.86. The van der Waals surface area contributed by atoms with E-state index in [0.717, 1.165) is 17.8 Å². The molecule has 0 unspecified atom stereocenters. The molecule has 0 aliphatic heterocycles. The summed E-state index contributed by atoms with van der Waals surface area (Å²) in [6.45, 7) is 0. The van der Waals surface area contributed by atoms with Crippen LogP contribution >= 0.6 is 11.8 Å². The highest BCUT2D eigenvalue weighted by molar-refractivity contribution is 7.98. The largest absolute Gasteiger partial charge is 0.478 e. The maximum absolute atomic E-state index is 12.9. The smallest absolute Gasteiger partial charge is 0.416 e. The van der Waals surface area contributed by atoms with E-state index >= 15 is 0 Å². The molecule has 0 aliphatic rings. The molecule has 0 radical (unpaired) electrons. The molecule has 0 amide bonds. The molecule has 0 fully saturated rings. The number of nitrogens with zero attached hydrogens (tertiary/aromatic N) is 1. The minimum atomic E-state index is -4.43. The normalized spacial score (nSPS) is 11.4. The quantitative estimate of drug-likeness (QED) is 0.864. The molecule has 0 bridgehead atoms. The van der Waals surface area contributed by atoms with Gasteiger partial charge in [-0.2, -0.15) is 13.2 Å². The highest BCUT2D eigenvalue weighted by Gasteiger charge is 2.32. The molecular weight excluding hydrogens is 303 g/mol. The van der Waals surface area contributed by atoms with E-state index in [0.29, 0.717) is 0 Å². The Hall–Kier alpha value is -2.02. The van der Waals surface area contributed by atoms with Crippen molar-refractivity contribution >= 4 is 17.7 Å². The van der Waals surface area contributed by atoms with Gasteiger partial charge in [-0.05, 0) is 23.8 Å². The molecule has 0 atom stereocenters. The first-order chi connectivity index (χ1) is 9.89. The number of carbonyl (C=O) groups is 1. The Kier molecular flexibility index (Phi) is 4.52. The zero-order valence-electron chi connectivity index (χ0n) is 10.6. The molecule has 3 nitrogen and oxygen atoms in total. The van der Waals surface area contributed by atoms with E-state index in [1.165, 1.54) is 36.5 Å². The van der Waals surface area contributed by atoms with E-state index in [2.05, 4.69) is 4.98 Å². The SMILES string of the molecule is O=C(O)c1cccnc1SCc1ccccc1C(F)(F)F. The average molecular weight is 313 g/mol. The van der Waals surface area contributed by atoms with E-state index in [-0.39, 0.29) is 21.9 Å². The predicted molar refractivity (Wildman–Crippen MR) is 72.2 cm³/mol. The van der Waals surface area contributed by atoms with Crippen LogP contribution in [0.3, 0.4) is 0 Å². The minimum absolute atomic E-state index is 0.00697. The Balaban J connectivity index is 2.24. The van der Waals surface area contributed by atoms with Gasteiger partial charge in [0.1, 0.15) is 5.03 Å². The number of aromatic carboxylic acids is 1. The number of benzene rings is 1. The maximum atomic E-state index is 12.9. The lowest BCUT2D eigenvalue weighted by molar-refractivity contribution is -0.138. The number of aromatic nitrogens is 1. The van der Waals surface area contributed by atoms with Crippen LogP contribution in [-0.2, 0) is 11.9 Å². The molecule has 2 rings (SSSR count). The average Bonchev–Trinajstić information content (AvgIpc) is 2.44. The van der Waals surface area contributed by atoms with Crippen molar-refractivity contribution in [3.05, 3.63) is 59.3 Å². The van der Waals surface area contributed by atoms with Gasteiger partial charge in [0, 0.05) is 11.9 Å². The van der Waals surface area contributed by atoms with Gasteiger partial charge in [-0.1, -0.05) is 18.2 Å². The van der Waals surface area contributed by atoms with Crippen molar-refractivity contribution in [3.63, 3.8) is 0 Å². The second-order valence-electron chi connectivity index (χ2n) is 4.10. The number of rotatable bonds is 4. The molecule has 110 valence electrons. The van der Waals surface area contributed by atoms with Gasteiger partial charge >= 0.3 is 12.1 Å². The second-order valence-corrected chi connectivity index (χ2v) is 5.07. The molecule has 7 heteroatoms. The standard InChI is InChI=1S/C14H10F3NO2S/c15-14(16,17)11-6-2-1-4-9(11)8-21-12-10(13(19)20)5-3-7-18-12/h1-7H,8H2,(H,19,20). The number of carboxylic acid groups (broad SMARTS) is 1. The number of hydrogen-bond acceptors (Lipinski definition) is 3. The molecule has 0 saturated carbocycles. The number of carboxylic acids is 1. The Bertz CT molecular complexity index is 659. The van der Waals surface area contributed by atoms with Crippen LogP contribution in [0.1, 0.15) is 21.5 Å². The van der Waals surface area contributed by atoms with E-state index < -0.39 is 17.7 Å². The Morgan fingerprint density at radius 3 is 2.57 bits per heavy atom. The van der Waals surface area contributed by atoms with Crippen molar-refractivity contribution in [2.24, 2.45) is 0 Å². The summed E-state index contributed by atoms with van der Waals surface area (Å²) in [6, 6.07) is 8.05. The molecule has 1 aromatic heterocycles. The highest BCUT2D eigenvalue weighted by atomic mass is 32.2. The van der Waals surface area contributed by atoms with Crippen LogP contribution in [0.4, 0.5) is 13.2 Å². The van der Waals surface area contributed by atoms with E-state index in [1.54, 1.807) is 0 Å². The van der Waals surface area contributed by atoms with E-state index in [4.69, 9.17) is 5.11 Å². The molecule has 0 aliphatic carbocycles. The summed E-state index contributed by atoms with van der Waals surface area (Å²) in [5, 5.41) is 9.21. The number of halogens is 3. The van der Waals surface area contributed by atoms with Gasteiger partial charge in [0.25, 0.3) is 0 Å². The third-order valence-electron chi connectivity index (χ3n) is 2.69. The topological polar surface area (TPSA) is 50.2 Å². The van der Waals surface area contributed by atoms with Crippen molar-refractivity contribution in [1.82, 2.24) is 4.98 Å². The first kappa shape index (κ1) is 15.4. The second kappa shape index (κ2) is 6.17. The number of pyridine rings is 1.